The molecule has 0 saturated carbocycles. The van der Waals surface area contributed by atoms with Gasteiger partial charge in [-0.1, -0.05) is 12.1 Å². The first kappa shape index (κ1) is 19.1. The van der Waals surface area contributed by atoms with Gasteiger partial charge in [0.1, 0.15) is 0 Å². The van der Waals surface area contributed by atoms with E-state index >= 15 is 0 Å². The number of carbonyl (C=O) groups is 1. The lowest BCUT2D eigenvalue weighted by molar-refractivity contribution is -0.132. The minimum Gasteiger partial charge on any atom is -0.491 e. The van der Waals surface area contributed by atoms with Crippen molar-refractivity contribution >= 4 is 5.91 Å². The van der Waals surface area contributed by atoms with Crippen LogP contribution in [0.25, 0.3) is 11.1 Å². The molecular formula is C22H23FN4O2. The Morgan fingerprint density at radius 1 is 1.24 bits per heavy atom. The van der Waals surface area contributed by atoms with Crippen molar-refractivity contribution in [3.05, 3.63) is 66.5 Å². The lowest BCUT2D eigenvalue weighted by atomic mass is 10.0. The summed E-state index contributed by atoms with van der Waals surface area (Å²) in [7, 11) is 0. The number of nitrogens with one attached hydrogen (secondary N) is 1. The summed E-state index contributed by atoms with van der Waals surface area (Å²) in [6.45, 7) is 1.03. The van der Waals surface area contributed by atoms with E-state index in [2.05, 4.69) is 15.2 Å². The fraction of sp³-hybridized carbons (Fsp3) is 0.318. The summed E-state index contributed by atoms with van der Waals surface area (Å²) in [6, 6.07) is 10.2. The number of pyridine rings is 1. The van der Waals surface area contributed by atoms with Crippen LogP contribution in [0.2, 0.25) is 0 Å². The zero-order chi connectivity index (χ0) is 20.1. The third-order valence-electron chi connectivity index (χ3n) is 5.20. The van der Waals surface area contributed by atoms with Crippen LogP contribution < -0.4 is 4.74 Å². The number of aromatic amines is 1. The Hall–Kier alpha value is -3.22. The van der Waals surface area contributed by atoms with E-state index < -0.39 is 0 Å². The van der Waals surface area contributed by atoms with Gasteiger partial charge in [-0.15, -0.1) is 0 Å². The molecule has 1 aromatic carbocycles. The summed E-state index contributed by atoms with van der Waals surface area (Å²) in [5.41, 5.74) is 2.99. The number of ether oxygens (including phenoxy) is 1. The second-order valence-electron chi connectivity index (χ2n) is 7.06. The normalized spacial score (nSPS) is 16.2. The second-order valence-corrected chi connectivity index (χ2v) is 7.06. The van der Waals surface area contributed by atoms with Gasteiger partial charge in [0, 0.05) is 30.9 Å². The fourth-order valence-corrected chi connectivity index (χ4v) is 3.79. The van der Waals surface area contributed by atoms with Gasteiger partial charge in [0.05, 0.1) is 24.5 Å². The quantitative estimate of drug-likeness (QED) is 0.612. The lowest BCUT2D eigenvalue weighted by Crippen LogP contribution is -2.31. The van der Waals surface area contributed by atoms with E-state index in [-0.39, 0.29) is 23.5 Å². The maximum absolute atomic E-state index is 13.6. The van der Waals surface area contributed by atoms with Crippen LogP contribution in [0.5, 0.6) is 5.75 Å². The first-order chi connectivity index (χ1) is 14.2. The van der Waals surface area contributed by atoms with E-state index in [1.165, 1.54) is 6.07 Å². The van der Waals surface area contributed by atoms with Crippen LogP contribution >= 0.6 is 0 Å². The molecular weight excluding hydrogens is 371 g/mol. The first-order valence-corrected chi connectivity index (χ1v) is 9.84. The molecule has 1 aliphatic heterocycles. The van der Waals surface area contributed by atoms with Crippen molar-refractivity contribution in [2.45, 2.75) is 31.7 Å². The average molecular weight is 394 g/mol. The van der Waals surface area contributed by atoms with Gasteiger partial charge in [-0.05, 0) is 49.1 Å². The summed E-state index contributed by atoms with van der Waals surface area (Å²) in [5, 5.41) is 7.31. The monoisotopic (exact) mass is 394 g/mol. The summed E-state index contributed by atoms with van der Waals surface area (Å²) in [6.07, 6.45) is 8.06. The van der Waals surface area contributed by atoms with Crippen molar-refractivity contribution in [3.63, 3.8) is 0 Å². The van der Waals surface area contributed by atoms with E-state index in [1.807, 2.05) is 17.0 Å². The second kappa shape index (κ2) is 8.86. The Kier molecular flexibility index (Phi) is 5.84. The number of likely N-dealkylation sites (tertiary alicyclic amines) is 1. The standard InChI is InChI=1S/C22H23FN4O2/c23-18-5-1-2-7-20(18)29-14-4-8-21(28)27-13-3-6-19(27)22-17(15-25-26-22)16-9-11-24-12-10-16/h1-2,5,7,9-12,15,19H,3-4,6,8,13-14H2,(H,25,26)/t19-/m0/s1. The predicted octanol–water partition coefficient (Wildman–Crippen LogP) is 4.13. The van der Waals surface area contributed by atoms with Crippen molar-refractivity contribution in [3.8, 4) is 16.9 Å². The van der Waals surface area contributed by atoms with E-state index in [1.54, 1.807) is 36.8 Å². The highest BCUT2D eigenvalue weighted by Gasteiger charge is 2.32. The van der Waals surface area contributed by atoms with E-state index in [4.69, 9.17) is 4.74 Å². The van der Waals surface area contributed by atoms with Gasteiger partial charge in [0.25, 0.3) is 0 Å². The molecule has 0 radical (unpaired) electrons. The molecule has 0 unspecified atom stereocenters. The molecule has 1 saturated heterocycles. The number of carbonyl (C=O) groups excluding carboxylic acids is 1. The van der Waals surface area contributed by atoms with Gasteiger partial charge < -0.3 is 9.64 Å². The summed E-state index contributed by atoms with van der Waals surface area (Å²) in [4.78, 5) is 18.8. The van der Waals surface area contributed by atoms with E-state index in [9.17, 15) is 9.18 Å². The van der Waals surface area contributed by atoms with Crippen LogP contribution in [0, 0.1) is 5.82 Å². The molecule has 6 nitrogen and oxygen atoms in total. The first-order valence-electron chi connectivity index (χ1n) is 9.84. The highest BCUT2D eigenvalue weighted by atomic mass is 19.1. The van der Waals surface area contributed by atoms with Crippen molar-refractivity contribution in [2.75, 3.05) is 13.2 Å². The van der Waals surface area contributed by atoms with Crippen molar-refractivity contribution in [1.29, 1.82) is 0 Å². The number of aromatic nitrogens is 3. The number of hydrogen-bond acceptors (Lipinski definition) is 4. The number of hydrogen-bond donors (Lipinski definition) is 1. The maximum Gasteiger partial charge on any atom is 0.223 e. The topological polar surface area (TPSA) is 71.1 Å². The average Bonchev–Trinajstić information content (AvgIpc) is 3.42. The van der Waals surface area contributed by atoms with Crippen LogP contribution in [0.1, 0.15) is 37.4 Å². The molecule has 7 heteroatoms. The lowest BCUT2D eigenvalue weighted by Gasteiger charge is -2.25. The van der Waals surface area contributed by atoms with Crippen LogP contribution in [0.3, 0.4) is 0 Å². The Bertz CT molecular complexity index is 960. The third-order valence-corrected chi connectivity index (χ3v) is 5.20. The highest BCUT2D eigenvalue weighted by molar-refractivity contribution is 5.77. The smallest absolute Gasteiger partial charge is 0.223 e. The number of H-pyrrole nitrogens is 1. The van der Waals surface area contributed by atoms with E-state index in [0.717, 1.165) is 36.2 Å². The zero-order valence-electron chi connectivity index (χ0n) is 16.1. The SMILES string of the molecule is O=C(CCCOc1ccccc1F)N1CCC[C@H]1c1[nH]ncc1-c1ccncc1. The van der Waals surface area contributed by atoms with Gasteiger partial charge >= 0.3 is 0 Å². The van der Waals surface area contributed by atoms with Gasteiger partial charge in [-0.2, -0.15) is 5.10 Å². The van der Waals surface area contributed by atoms with Gasteiger partial charge in [0.15, 0.2) is 11.6 Å². The largest absolute Gasteiger partial charge is 0.491 e. The van der Waals surface area contributed by atoms with Crippen LogP contribution in [-0.4, -0.2) is 39.1 Å². The summed E-state index contributed by atoms with van der Waals surface area (Å²) in [5.74, 6) is -0.0836. The molecule has 1 amide bonds. The number of nitrogens with zero attached hydrogens (tertiary/aromatic N) is 3. The number of benzene rings is 1. The zero-order valence-corrected chi connectivity index (χ0v) is 16.1. The minimum atomic E-state index is -0.388. The van der Waals surface area contributed by atoms with Crippen LogP contribution in [0.4, 0.5) is 4.39 Å². The highest BCUT2D eigenvalue weighted by Crippen LogP contribution is 2.36. The summed E-state index contributed by atoms with van der Waals surface area (Å²) < 4.78 is 19.1. The molecule has 2 aromatic heterocycles. The Morgan fingerprint density at radius 2 is 2.07 bits per heavy atom. The Balaban J connectivity index is 1.37. The molecule has 4 rings (SSSR count). The fourth-order valence-electron chi connectivity index (χ4n) is 3.79. The summed E-state index contributed by atoms with van der Waals surface area (Å²) >= 11 is 0. The maximum atomic E-state index is 13.6. The molecule has 0 aliphatic carbocycles. The van der Waals surface area contributed by atoms with Crippen molar-refractivity contribution < 1.29 is 13.9 Å². The van der Waals surface area contributed by atoms with Crippen LogP contribution in [-0.2, 0) is 4.79 Å². The molecule has 3 heterocycles. The Labute approximate surface area is 168 Å². The molecule has 29 heavy (non-hydrogen) atoms. The Morgan fingerprint density at radius 3 is 2.90 bits per heavy atom. The molecule has 0 spiro atoms. The number of rotatable bonds is 7. The van der Waals surface area contributed by atoms with Crippen molar-refractivity contribution in [1.82, 2.24) is 20.1 Å². The molecule has 1 fully saturated rings. The molecule has 1 N–H and O–H groups in total. The third kappa shape index (κ3) is 4.29. The number of amides is 1. The van der Waals surface area contributed by atoms with Crippen LogP contribution in [0.15, 0.2) is 55.0 Å². The molecule has 1 atom stereocenters. The van der Waals surface area contributed by atoms with Crippen molar-refractivity contribution in [2.24, 2.45) is 0 Å². The molecule has 1 aliphatic rings. The molecule has 150 valence electrons. The van der Waals surface area contributed by atoms with Gasteiger partial charge in [-0.3, -0.25) is 14.9 Å². The van der Waals surface area contributed by atoms with Gasteiger partial charge in [-0.25, -0.2) is 4.39 Å². The molecule has 3 aromatic rings. The molecule has 0 bridgehead atoms. The minimum absolute atomic E-state index is 0.0133. The van der Waals surface area contributed by atoms with E-state index in [0.29, 0.717) is 19.4 Å². The number of halogens is 1. The number of para-hydroxylation sites is 1. The van der Waals surface area contributed by atoms with Gasteiger partial charge in [0.2, 0.25) is 5.91 Å². The predicted molar refractivity (Wildman–Crippen MR) is 107 cm³/mol.